The maximum absolute atomic E-state index is 11.1. The fourth-order valence-corrected chi connectivity index (χ4v) is 1.59. The van der Waals surface area contributed by atoms with Crippen molar-refractivity contribution in [3.63, 3.8) is 0 Å². The molecule has 0 spiro atoms. The van der Waals surface area contributed by atoms with Gasteiger partial charge in [-0.15, -0.1) is 5.10 Å². The molecular formula is C9H13N3O. The van der Waals surface area contributed by atoms with Crippen LogP contribution in [0.15, 0.2) is 6.20 Å². The normalized spacial score (nSPS) is 17.0. The first kappa shape index (κ1) is 8.41. The van der Waals surface area contributed by atoms with Crippen LogP contribution >= 0.6 is 0 Å². The summed E-state index contributed by atoms with van der Waals surface area (Å²) >= 11 is 0. The summed E-state index contributed by atoms with van der Waals surface area (Å²) in [7, 11) is 0. The topological polar surface area (TPSA) is 47.8 Å². The van der Waals surface area contributed by atoms with E-state index in [1.807, 2.05) is 0 Å². The van der Waals surface area contributed by atoms with Crippen molar-refractivity contribution < 1.29 is 4.79 Å². The molecule has 0 amide bonds. The second kappa shape index (κ2) is 3.28. The Morgan fingerprint density at radius 3 is 3.00 bits per heavy atom. The molecule has 13 heavy (non-hydrogen) atoms. The van der Waals surface area contributed by atoms with Crippen LogP contribution in [-0.2, 0) is 6.54 Å². The summed E-state index contributed by atoms with van der Waals surface area (Å²) in [6, 6.07) is 0. The summed E-state index contributed by atoms with van der Waals surface area (Å²) in [5.41, 5.74) is 0.631. The number of Topliss-reactive ketones (excluding diaryl/α,β-unsaturated/α-hetero) is 1. The third-order valence-corrected chi connectivity index (χ3v) is 2.63. The molecule has 1 aromatic rings. The van der Waals surface area contributed by atoms with Gasteiger partial charge in [0.25, 0.3) is 0 Å². The molecule has 1 heterocycles. The highest BCUT2D eigenvalue weighted by Crippen LogP contribution is 2.27. The predicted octanol–water partition coefficient (Wildman–Crippen LogP) is 1.28. The standard InChI is InChI=1S/C9H13N3O/c1-7(13)9-5-10-11-12(9)6-8-3-2-4-8/h5,8H,2-4,6H2,1H3. The molecular weight excluding hydrogens is 166 g/mol. The molecule has 1 saturated carbocycles. The lowest BCUT2D eigenvalue weighted by molar-refractivity contribution is 0.1000. The zero-order chi connectivity index (χ0) is 9.26. The Morgan fingerprint density at radius 1 is 1.69 bits per heavy atom. The van der Waals surface area contributed by atoms with Gasteiger partial charge in [-0.05, 0) is 18.8 Å². The lowest BCUT2D eigenvalue weighted by Crippen LogP contribution is -2.21. The van der Waals surface area contributed by atoms with E-state index < -0.39 is 0 Å². The average molecular weight is 179 g/mol. The van der Waals surface area contributed by atoms with Gasteiger partial charge in [0.1, 0.15) is 5.69 Å². The van der Waals surface area contributed by atoms with Crippen LogP contribution in [-0.4, -0.2) is 20.8 Å². The summed E-state index contributed by atoms with van der Waals surface area (Å²) in [5, 5.41) is 7.65. The number of rotatable bonds is 3. The van der Waals surface area contributed by atoms with E-state index in [0.29, 0.717) is 11.6 Å². The van der Waals surface area contributed by atoms with Crippen molar-refractivity contribution in [1.82, 2.24) is 15.0 Å². The molecule has 1 aromatic heterocycles. The number of hydrogen-bond donors (Lipinski definition) is 0. The van der Waals surface area contributed by atoms with Crippen LogP contribution in [0.2, 0.25) is 0 Å². The molecule has 4 heteroatoms. The second-order valence-electron chi connectivity index (χ2n) is 3.65. The Balaban J connectivity index is 2.09. The molecule has 1 fully saturated rings. The molecule has 2 rings (SSSR count). The molecule has 0 atom stereocenters. The molecule has 0 saturated heterocycles. The zero-order valence-electron chi connectivity index (χ0n) is 7.73. The van der Waals surface area contributed by atoms with Crippen molar-refractivity contribution in [2.45, 2.75) is 32.7 Å². The van der Waals surface area contributed by atoms with Gasteiger partial charge in [-0.1, -0.05) is 11.6 Å². The Kier molecular flexibility index (Phi) is 2.12. The first-order valence-electron chi connectivity index (χ1n) is 4.67. The van der Waals surface area contributed by atoms with Gasteiger partial charge in [-0.25, -0.2) is 4.68 Å². The number of ketones is 1. The quantitative estimate of drug-likeness (QED) is 0.657. The van der Waals surface area contributed by atoms with E-state index in [1.54, 1.807) is 17.8 Å². The van der Waals surface area contributed by atoms with E-state index in [2.05, 4.69) is 10.3 Å². The molecule has 1 aliphatic rings. The molecule has 0 aromatic carbocycles. The summed E-state index contributed by atoms with van der Waals surface area (Å²) < 4.78 is 1.73. The van der Waals surface area contributed by atoms with Gasteiger partial charge in [-0.2, -0.15) is 0 Å². The zero-order valence-corrected chi connectivity index (χ0v) is 7.73. The number of nitrogens with zero attached hydrogens (tertiary/aromatic N) is 3. The monoisotopic (exact) mass is 179 g/mol. The fourth-order valence-electron chi connectivity index (χ4n) is 1.59. The van der Waals surface area contributed by atoms with Crippen molar-refractivity contribution >= 4 is 5.78 Å². The summed E-state index contributed by atoms with van der Waals surface area (Å²) in [4.78, 5) is 11.1. The largest absolute Gasteiger partial charge is 0.293 e. The molecule has 0 aliphatic heterocycles. The van der Waals surface area contributed by atoms with Crippen molar-refractivity contribution in [2.24, 2.45) is 5.92 Å². The van der Waals surface area contributed by atoms with Gasteiger partial charge in [0.05, 0.1) is 6.20 Å². The van der Waals surface area contributed by atoms with Gasteiger partial charge in [0.15, 0.2) is 5.78 Å². The SMILES string of the molecule is CC(=O)c1cnnn1CC1CCC1. The van der Waals surface area contributed by atoms with Gasteiger partial charge >= 0.3 is 0 Å². The van der Waals surface area contributed by atoms with Gasteiger partial charge in [0.2, 0.25) is 0 Å². The molecule has 0 bridgehead atoms. The van der Waals surface area contributed by atoms with E-state index in [0.717, 1.165) is 6.54 Å². The lowest BCUT2D eigenvalue weighted by Gasteiger charge is -2.25. The minimum absolute atomic E-state index is 0.0457. The smallest absolute Gasteiger partial charge is 0.179 e. The predicted molar refractivity (Wildman–Crippen MR) is 47.4 cm³/mol. The van der Waals surface area contributed by atoms with Crippen molar-refractivity contribution in [3.05, 3.63) is 11.9 Å². The van der Waals surface area contributed by atoms with E-state index in [-0.39, 0.29) is 5.78 Å². The minimum Gasteiger partial charge on any atom is -0.293 e. The summed E-state index contributed by atoms with van der Waals surface area (Å²) in [5.74, 6) is 0.754. The lowest BCUT2D eigenvalue weighted by atomic mass is 9.85. The first-order valence-corrected chi connectivity index (χ1v) is 4.67. The Hall–Kier alpha value is -1.19. The number of carbonyl (C=O) groups excluding carboxylic acids is 1. The molecule has 1 aliphatic carbocycles. The van der Waals surface area contributed by atoms with Gasteiger partial charge in [0, 0.05) is 13.5 Å². The number of aromatic nitrogens is 3. The number of hydrogen-bond acceptors (Lipinski definition) is 3. The first-order chi connectivity index (χ1) is 6.27. The third-order valence-electron chi connectivity index (χ3n) is 2.63. The Labute approximate surface area is 76.9 Å². The van der Waals surface area contributed by atoms with Crippen molar-refractivity contribution in [3.8, 4) is 0 Å². The van der Waals surface area contributed by atoms with E-state index in [9.17, 15) is 4.79 Å². The number of carbonyl (C=O) groups is 1. The van der Waals surface area contributed by atoms with Crippen LogP contribution in [0.25, 0.3) is 0 Å². The van der Waals surface area contributed by atoms with E-state index >= 15 is 0 Å². The van der Waals surface area contributed by atoms with E-state index in [1.165, 1.54) is 19.3 Å². The van der Waals surface area contributed by atoms with Crippen LogP contribution in [0.1, 0.15) is 36.7 Å². The maximum atomic E-state index is 11.1. The van der Waals surface area contributed by atoms with Crippen molar-refractivity contribution in [1.29, 1.82) is 0 Å². The van der Waals surface area contributed by atoms with Crippen molar-refractivity contribution in [2.75, 3.05) is 0 Å². The maximum Gasteiger partial charge on any atom is 0.179 e. The van der Waals surface area contributed by atoms with Crippen LogP contribution < -0.4 is 0 Å². The van der Waals surface area contributed by atoms with Crippen LogP contribution in [0.5, 0.6) is 0 Å². The Bertz CT molecular complexity index is 314. The average Bonchev–Trinajstić information content (AvgIpc) is 2.44. The third kappa shape index (κ3) is 1.61. The van der Waals surface area contributed by atoms with Crippen LogP contribution in [0.4, 0.5) is 0 Å². The Morgan fingerprint density at radius 2 is 2.46 bits per heavy atom. The highest BCUT2D eigenvalue weighted by molar-refractivity contribution is 5.91. The molecule has 0 radical (unpaired) electrons. The second-order valence-corrected chi connectivity index (χ2v) is 3.65. The van der Waals surface area contributed by atoms with E-state index in [4.69, 9.17) is 0 Å². The highest BCUT2D eigenvalue weighted by atomic mass is 16.1. The summed E-state index contributed by atoms with van der Waals surface area (Å²) in [6.07, 6.45) is 5.38. The van der Waals surface area contributed by atoms with Crippen LogP contribution in [0.3, 0.4) is 0 Å². The molecule has 0 unspecified atom stereocenters. The fraction of sp³-hybridized carbons (Fsp3) is 0.667. The molecule has 4 nitrogen and oxygen atoms in total. The summed E-state index contributed by atoms with van der Waals surface area (Å²) in [6.45, 7) is 2.41. The van der Waals surface area contributed by atoms with Crippen LogP contribution in [0, 0.1) is 5.92 Å². The molecule has 0 N–H and O–H groups in total. The highest BCUT2D eigenvalue weighted by Gasteiger charge is 2.20. The van der Waals surface area contributed by atoms with Gasteiger partial charge in [-0.3, -0.25) is 4.79 Å². The van der Waals surface area contributed by atoms with Gasteiger partial charge < -0.3 is 0 Å². The minimum atomic E-state index is 0.0457. The molecule has 70 valence electrons.